The van der Waals surface area contributed by atoms with Gasteiger partial charge in [-0.2, -0.15) is 13.2 Å². The molecule has 2 rings (SSSR count). The fourth-order valence-electron chi connectivity index (χ4n) is 2.41. The molecule has 0 atom stereocenters. The zero-order valence-corrected chi connectivity index (χ0v) is 14.4. The summed E-state index contributed by atoms with van der Waals surface area (Å²) in [7, 11) is 0. The number of nitrogens with one attached hydrogen (secondary N) is 2. The molecule has 0 saturated carbocycles. The average molecular weight is 350 g/mol. The Morgan fingerprint density at radius 2 is 1.60 bits per heavy atom. The quantitative estimate of drug-likeness (QED) is 0.790. The number of amides is 2. The Hall–Kier alpha value is -2.50. The van der Waals surface area contributed by atoms with Crippen molar-refractivity contribution in [2.75, 3.05) is 11.9 Å². The molecule has 6 heteroatoms. The third-order valence-corrected chi connectivity index (χ3v) is 4.00. The molecule has 3 nitrogen and oxygen atoms in total. The summed E-state index contributed by atoms with van der Waals surface area (Å²) in [5.74, 6) is 0. The van der Waals surface area contributed by atoms with Crippen LogP contribution in [0.2, 0.25) is 0 Å². The fourth-order valence-corrected chi connectivity index (χ4v) is 2.41. The lowest BCUT2D eigenvalue weighted by Crippen LogP contribution is -2.39. The number of hydrogen-bond acceptors (Lipinski definition) is 1. The summed E-state index contributed by atoms with van der Waals surface area (Å²) in [4.78, 5) is 12.0. The van der Waals surface area contributed by atoms with Crippen LogP contribution in [-0.2, 0) is 11.6 Å². The number of halogens is 3. The van der Waals surface area contributed by atoms with Gasteiger partial charge in [-0.3, -0.25) is 0 Å². The van der Waals surface area contributed by atoms with Gasteiger partial charge in [-0.25, -0.2) is 4.79 Å². The highest BCUT2D eigenvalue weighted by Gasteiger charge is 2.33. The van der Waals surface area contributed by atoms with E-state index in [1.54, 1.807) is 0 Å². The Balaban J connectivity index is 2.03. The molecule has 0 fully saturated rings. The molecule has 2 aromatic carbocycles. The molecule has 0 saturated heterocycles. The van der Waals surface area contributed by atoms with Crippen molar-refractivity contribution < 1.29 is 18.0 Å². The minimum Gasteiger partial charge on any atom is -0.337 e. The Morgan fingerprint density at radius 1 is 1.00 bits per heavy atom. The van der Waals surface area contributed by atoms with E-state index in [0.717, 1.165) is 17.2 Å². The first-order valence-electron chi connectivity index (χ1n) is 7.88. The van der Waals surface area contributed by atoms with Gasteiger partial charge in [-0.1, -0.05) is 55.8 Å². The van der Waals surface area contributed by atoms with E-state index in [1.165, 1.54) is 18.2 Å². The van der Waals surface area contributed by atoms with Crippen molar-refractivity contribution in [3.05, 3.63) is 65.2 Å². The van der Waals surface area contributed by atoms with Crippen molar-refractivity contribution in [2.45, 2.75) is 32.4 Å². The summed E-state index contributed by atoms with van der Waals surface area (Å²) in [6, 6.07) is 12.2. The molecule has 0 spiro atoms. The average Bonchev–Trinajstić information content (AvgIpc) is 2.53. The van der Waals surface area contributed by atoms with Gasteiger partial charge in [-0.05, 0) is 24.6 Å². The smallest absolute Gasteiger partial charge is 0.337 e. The minimum atomic E-state index is -4.52. The standard InChI is InChI=1S/C19H21F3N2O/c1-13-8-10-14(11-9-13)18(2,3)12-23-17(25)24-16-7-5-4-6-15(16)19(20,21)22/h4-11H,12H2,1-3H3,(H2,23,24,25). The lowest BCUT2D eigenvalue weighted by molar-refractivity contribution is -0.136. The molecule has 2 aromatic rings. The Bertz CT molecular complexity index is 737. The van der Waals surface area contributed by atoms with Crippen LogP contribution >= 0.6 is 0 Å². The normalized spacial score (nSPS) is 11.9. The number of carbonyl (C=O) groups is 1. The van der Waals surface area contributed by atoms with Crippen LogP contribution in [0.4, 0.5) is 23.7 Å². The number of carbonyl (C=O) groups excluding carboxylic acids is 1. The van der Waals surface area contributed by atoms with E-state index in [4.69, 9.17) is 0 Å². The summed E-state index contributed by atoms with van der Waals surface area (Å²) >= 11 is 0. The molecule has 0 aliphatic rings. The lowest BCUT2D eigenvalue weighted by Gasteiger charge is -2.26. The highest BCUT2D eigenvalue weighted by atomic mass is 19.4. The van der Waals surface area contributed by atoms with Crippen LogP contribution in [0.25, 0.3) is 0 Å². The topological polar surface area (TPSA) is 41.1 Å². The number of anilines is 1. The molecule has 25 heavy (non-hydrogen) atoms. The predicted octanol–water partition coefficient (Wildman–Crippen LogP) is 5.11. The van der Waals surface area contributed by atoms with Gasteiger partial charge in [0, 0.05) is 12.0 Å². The number of aryl methyl sites for hydroxylation is 1. The van der Waals surface area contributed by atoms with E-state index in [2.05, 4.69) is 10.6 Å². The molecular weight excluding hydrogens is 329 g/mol. The van der Waals surface area contributed by atoms with Gasteiger partial charge in [0.2, 0.25) is 0 Å². The third-order valence-electron chi connectivity index (χ3n) is 4.00. The molecule has 0 bridgehead atoms. The van der Waals surface area contributed by atoms with Gasteiger partial charge in [0.05, 0.1) is 11.3 Å². The Kier molecular flexibility index (Phi) is 5.40. The number of alkyl halides is 3. The highest BCUT2D eigenvalue weighted by molar-refractivity contribution is 5.90. The lowest BCUT2D eigenvalue weighted by atomic mass is 9.84. The number of benzene rings is 2. The van der Waals surface area contributed by atoms with Gasteiger partial charge in [0.15, 0.2) is 0 Å². The molecule has 0 aliphatic carbocycles. The summed E-state index contributed by atoms with van der Waals surface area (Å²) in [5, 5.41) is 4.93. The second-order valence-corrected chi connectivity index (χ2v) is 6.60. The number of urea groups is 1. The van der Waals surface area contributed by atoms with E-state index in [1.807, 2.05) is 45.0 Å². The molecule has 2 N–H and O–H groups in total. The number of rotatable bonds is 4. The van der Waals surface area contributed by atoms with Gasteiger partial charge >= 0.3 is 12.2 Å². The molecule has 0 unspecified atom stereocenters. The van der Waals surface area contributed by atoms with Gasteiger partial charge in [-0.15, -0.1) is 0 Å². The molecule has 0 radical (unpaired) electrons. The molecule has 0 aliphatic heterocycles. The molecular formula is C19H21F3N2O. The van der Waals surface area contributed by atoms with E-state index in [9.17, 15) is 18.0 Å². The maximum absolute atomic E-state index is 13.0. The second-order valence-electron chi connectivity index (χ2n) is 6.60. The van der Waals surface area contributed by atoms with E-state index < -0.39 is 17.8 Å². The number of para-hydroxylation sites is 1. The van der Waals surface area contributed by atoms with Gasteiger partial charge in [0.1, 0.15) is 0 Å². The summed E-state index contributed by atoms with van der Waals surface area (Å²) in [6.45, 7) is 6.19. The van der Waals surface area contributed by atoms with Crippen LogP contribution in [0.15, 0.2) is 48.5 Å². The summed E-state index contributed by atoms with van der Waals surface area (Å²) in [5.41, 5.74) is 0.681. The minimum absolute atomic E-state index is 0.263. The van der Waals surface area contributed by atoms with Crippen LogP contribution in [-0.4, -0.2) is 12.6 Å². The van der Waals surface area contributed by atoms with E-state index in [-0.39, 0.29) is 17.6 Å². The van der Waals surface area contributed by atoms with Crippen LogP contribution in [0.3, 0.4) is 0 Å². The van der Waals surface area contributed by atoms with E-state index >= 15 is 0 Å². The first kappa shape index (κ1) is 18.8. The maximum atomic E-state index is 13.0. The van der Waals surface area contributed by atoms with Crippen LogP contribution in [0.5, 0.6) is 0 Å². The maximum Gasteiger partial charge on any atom is 0.418 e. The van der Waals surface area contributed by atoms with Crippen LogP contribution < -0.4 is 10.6 Å². The largest absolute Gasteiger partial charge is 0.418 e. The zero-order chi connectivity index (χ0) is 18.7. The van der Waals surface area contributed by atoms with Gasteiger partial charge < -0.3 is 10.6 Å². The van der Waals surface area contributed by atoms with Crippen molar-refractivity contribution in [3.8, 4) is 0 Å². The molecule has 134 valence electrons. The summed E-state index contributed by atoms with van der Waals surface area (Å²) < 4.78 is 38.9. The SMILES string of the molecule is Cc1ccc(C(C)(C)CNC(=O)Nc2ccccc2C(F)(F)F)cc1. The monoisotopic (exact) mass is 350 g/mol. The second kappa shape index (κ2) is 7.17. The first-order valence-corrected chi connectivity index (χ1v) is 7.88. The number of hydrogen-bond donors (Lipinski definition) is 2. The van der Waals surface area contributed by atoms with Crippen molar-refractivity contribution in [1.29, 1.82) is 0 Å². The zero-order valence-electron chi connectivity index (χ0n) is 14.4. The Labute approximate surface area is 145 Å². The fraction of sp³-hybridized carbons (Fsp3) is 0.316. The van der Waals surface area contributed by atoms with Gasteiger partial charge in [0.25, 0.3) is 0 Å². The molecule has 0 aromatic heterocycles. The third kappa shape index (κ3) is 4.98. The molecule has 0 heterocycles. The van der Waals surface area contributed by atoms with E-state index in [0.29, 0.717) is 0 Å². The first-order chi connectivity index (χ1) is 11.6. The van der Waals surface area contributed by atoms with Crippen LogP contribution in [0, 0.1) is 6.92 Å². The van der Waals surface area contributed by atoms with Crippen molar-refractivity contribution >= 4 is 11.7 Å². The summed E-state index contributed by atoms with van der Waals surface area (Å²) in [6.07, 6.45) is -4.52. The highest BCUT2D eigenvalue weighted by Crippen LogP contribution is 2.34. The predicted molar refractivity (Wildman–Crippen MR) is 92.7 cm³/mol. The molecule has 2 amide bonds. The van der Waals surface area contributed by atoms with Crippen molar-refractivity contribution in [1.82, 2.24) is 5.32 Å². The van der Waals surface area contributed by atoms with Crippen molar-refractivity contribution in [2.24, 2.45) is 0 Å². The van der Waals surface area contributed by atoms with Crippen molar-refractivity contribution in [3.63, 3.8) is 0 Å². The van der Waals surface area contributed by atoms with Crippen LogP contribution in [0.1, 0.15) is 30.5 Å². The Morgan fingerprint density at radius 3 is 2.20 bits per heavy atom.